The van der Waals surface area contributed by atoms with Crippen molar-refractivity contribution in [3.8, 4) is 17.2 Å². The molecule has 0 amide bonds. The molecule has 2 aliphatic heterocycles. The average molecular weight is 515 g/mol. The molecule has 3 aromatic carbocycles. The van der Waals surface area contributed by atoms with Gasteiger partial charge in [0.1, 0.15) is 30.0 Å². The number of ether oxygens (including phenoxy) is 2. The number of nitrogens with zero attached hydrogens (tertiary/aromatic N) is 2. The average Bonchev–Trinajstić information content (AvgIpc) is 3.34. The topological polar surface area (TPSA) is 46.3 Å². The Kier molecular flexibility index (Phi) is 7.15. The Morgan fingerprint density at radius 1 is 1.19 bits per heavy atom. The summed E-state index contributed by atoms with van der Waals surface area (Å²) in [6.45, 7) is 16.8. The Balaban J connectivity index is 1.44. The molecule has 1 N–H and O–H groups in total. The summed E-state index contributed by atoms with van der Waals surface area (Å²) in [5, 5.41) is 11.0. The third-order valence-electron chi connectivity index (χ3n) is 7.40. The van der Waals surface area contributed by atoms with Crippen molar-refractivity contribution in [3.05, 3.63) is 93.8 Å². The molecule has 3 aromatic rings. The molecule has 0 bridgehead atoms. The van der Waals surface area contributed by atoms with Crippen LogP contribution in [0.2, 0.25) is 5.02 Å². The molecule has 0 aromatic heterocycles. The summed E-state index contributed by atoms with van der Waals surface area (Å²) in [5.41, 5.74) is 4.78. The lowest BCUT2D eigenvalue weighted by atomic mass is 9.86. The van der Waals surface area contributed by atoms with Gasteiger partial charge in [0, 0.05) is 28.7 Å². The molecule has 1 saturated heterocycles. The lowest BCUT2D eigenvalue weighted by molar-refractivity contribution is 0.169. The normalized spacial score (nSPS) is 20.2. The smallest absolute Gasteiger partial charge is 0.231 e. The summed E-state index contributed by atoms with van der Waals surface area (Å²) < 4.78 is 12.6. The van der Waals surface area contributed by atoms with Crippen LogP contribution in [0.1, 0.15) is 50.0 Å². The number of likely N-dealkylation sites (tertiary alicyclic amines) is 1. The van der Waals surface area contributed by atoms with Gasteiger partial charge in [0.25, 0.3) is 0 Å². The second kappa shape index (κ2) is 10.5. The van der Waals surface area contributed by atoms with Crippen molar-refractivity contribution in [2.45, 2.75) is 39.3 Å². The van der Waals surface area contributed by atoms with E-state index in [0.29, 0.717) is 23.4 Å². The van der Waals surface area contributed by atoms with Gasteiger partial charge in [0.15, 0.2) is 0 Å². The van der Waals surface area contributed by atoms with Crippen molar-refractivity contribution in [2.24, 2.45) is 5.92 Å². The number of allylic oxidation sites excluding steroid dienone is 1. The Morgan fingerprint density at radius 2 is 1.97 bits per heavy atom. The van der Waals surface area contributed by atoms with Crippen molar-refractivity contribution in [3.63, 3.8) is 0 Å². The van der Waals surface area contributed by atoms with E-state index in [1.165, 1.54) is 6.42 Å². The number of hydrogen-bond acceptors (Lipinski definition) is 4. The molecule has 0 aliphatic carbocycles. The van der Waals surface area contributed by atoms with Crippen LogP contribution in [0.4, 0.5) is 5.69 Å². The summed E-state index contributed by atoms with van der Waals surface area (Å²) in [6.07, 6.45) is 0.843. The molecule has 1 unspecified atom stereocenters. The SMILES string of the molecule is [C-]#[N+]c1cc2c(cc1O)C(C)=C(c1cccc(Cl)c1)C(c1ccc(OC[C@H](C)N3CC[C@@H](C)C3)cc1)O2. The van der Waals surface area contributed by atoms with Crippen molar-refractivity contribution in [2.75, 3.05) is 19.7 Å². The van der Waals surface area contributed by atoms with Gasteiger partial charge >= 0.3 is 0 Å². The lowest BCUT2D eigenvalue weighted by Gasteiger charge is -2.31. The quantitative estimate of drug-likeness (QED) is 0.341. The minimum Gasteiger partial charge on any atom is -0.519 e. The van der Waals surface area contributed by atoms with E-state index >= 15 is 0 Å². The maximum absolute atomic E-state index is 10.3. The number of benzene rings is 3. The van der Waals surface area contributed by atoms with E-state index in [4.69, 9.17) is 27.6 Å². The van der Waals surface area contributed by atoms with Gasteiger partial charge in [0.05, 0.1) is 6.57 Å². The van der Waals surface area contributed by atoms with Crippen molar-refractivity contribution < 1.29 is 14.6 Å². The van der Waals surface area contributed by atoms with E-state index in [9.17, 15) is 5.11 Å². The van der Waals surface area contributed by atoms with E-state index in [1.807, 2.05) is 55.5 Å². The third kappa shape index (κ3) is 5.18. The van der Waals surface area contributed by atoms with E-state index < -0.39 is 6.10 Å². The molecular formula is C31H31ClN2O3. The molecule has 0 saturated carbocycles. The molecule has 190 valence electrons. The predicted octanol–water partition coefficient (Wildman–Crippen LogP) is 7.77. The van der Waals surface area contributed by atoms with Gasteiger partial charge in [-0.25, -0.2) is 4.85 Å². The molecular weight excluding hydrogens is 484 g/mol. The Morgan fingerprint density at radius 3 is 2.65 bits per heavy atom. The number of phenols is 1. The first kappa shape index (κ1) is 25.2. The first-order valence-corrected chi connectivity index (χ1v) is 13.1. The van der Waals surface area contributed by atoms with Crippen LogP contribution < -0.4 is 9.47 Å². The molecule has 3 atom stereocenters. The van der Waals surface area contributed by atoms with Crippen LogP contribution in [0.5, 0.6) is 17.2 Å². The van der Waals surface area contributed by atoms with Crippen molar-refractivity contribution in [1.82, 2.24) is 4.90 Å². The van der Waals surface area contributed by atoms with Crippen molar-refractivity contribution >= 4 is 28.4 Å². The number of halogens is 1. The third-order valence-corrected chi connectivity index (χ3v) is 7.64. The van der Waals surface area contributed by atoms with Crippen molar-refractivity contribution in [1.29, 1.82) is 0 Å². The van der Waals surface area contributed by atoms with Gasteiger partial charge in [-0.05, 0) is 85.8 Å². The first-order chi connectivity index (χ1) is 17.8. The number of rotatable bonds is 6. The monoisotopic (exact) mass is 514 g/mol. The van der Waals surface area contributed by atoms with Crippen LogP contribution in [0, 0.1) is 12.5 Å². The molecule has 2 heterocycles. The van der Waals surface area contributed by atoms with Gasteiger partial charge in [-0.2, -0.15) is 0 Å². The van der Waals surface area contributed by atoms with Crippen LogP contribution in [-0.4, -0.2) is 35.7 Å². The Labute approximate surface area is 223 Å². The number of aromatic hydroxyl groups is 1. The maximum atomic E-state index is 10.3. The van der Waals surface area contributed by atoms with Crippen LogP contribution >= 0.6 is 11.6 Å². The minimum absolute atomic E-state index is 0.0558. The molecule has 5 rings (SSSR count). The second-order valence-electron chi connectivity index (χ2n) is 10.1. The fraction of sp³-hybridized carbons (Fsp3) is 0.323. The number of phenolic OH excluding ortho intramolecular Hbond substituents is 1. The Bertz CT molecular complexity index is 1380. The zero-order valence-electron chi connectivity index (χ0n) is 21.4. The number of hydrogen-bond donors (Lipinski definition) is 1. The molecule has 2 aliphatic rings. The summed E-state index contributed by atoms with van der Waals surface area (Å²) >= 11 is 6.35. The molecule has 5 nitrogen and oxygen atoms in total. The van der Waals surface area contributed by atoms with Gasteiger partial charge in [0.2, 0.25) is 5.69 Å². The molecule has 37 heavy (non-hydrogen) atoms. The lowest BCUT2D eigenvalue weighted by Crippen LogP contribution is -2.35. The standard InChI is InChI=1S/C31H31ClN2O3/c1-19-12-13-34(17-19)20(2)18-36-25-10-8-22(9-11-25)31-30(23-6-5-7-24(32)14-23)21(3)26-15-28(35)27(33-4)16-29(26)37-31/h5-11,14-16,19-20,31,35H,12-13,17-18H2,1-3H3/t19-,20+,31?/m1/s1. The second-order valence-corrected chi connectivity index (χ2v) is 10.6. The largest absolute Gasteiger partial charge is 0.519 e. The van der Waals surface area contributed by atoms with Gasteiger partial charge in [-0.3, -0.25) is 4.90 Å². The first-order valence-electron chi connectivity index (χ1n) is 12.7. The predicted molar refractivity (Wildman–Crippen MR) is 148 cm³/mol. The molecule has 1 fully saturated rings. The summed E-state index contributed by atoms with van der Waals surface area (Å²) in [6, 6.07) is 19.3. The van der Waals surface area contributed by atoms with E-state index in [1.54, 1.807) is 12.1 Å². The number of fused-ring (bicyclic) bond motifs is 1. The van der Waals surface area contributed by atoms with E-state index in [2.05, 4.69) is 23.6 Å². The molecule has 0 spiro atoms. The molecule has 0 radical (unpaired) electrons. The minimum atomic E-state index is -0.409. The van der Waals surface area contributed by atoms with Crippen LogP contribution in [0.15, 0.2) is 60.7 Å². The van der Waals surface area contributed by atoms with Crippen LogP contribution in [0.25, 0.3) is 16.0 Å². The van der Waals surface area contributed by atoms with Gasteiger partial charge in [-0.1, -0.05) is 42.8 Å². The van der Waals surface area contributed by atoms with Crippen LogP contribution in [-0.2, 0) is 0 Å². The summed E-state index contributed by atoms with van der Waals surface area (Å²) in [7, 11) is 0. The highest BCUT2D eigenvalue weighted by Gasteiger charge is 2.30. The zero-order chi connectivity index (χ0) is 26.1. The fourth-order valence-corrected chi connectivity index (χ4v) is 5.44. The zero-order valence-corrected chi connectivity index (χ0v) is 22.1. The Hall–Kier alpha value is -3.46. The van der Waals surface area contributed by atoms with E-state index in [-0.39, 0.29) is 11.4 Å². The summed E-state index contributed by atoms with van der Waals surface area (Å²) in [4.78, 5) is 5.93. The highest BCUT2D eigenvalue weighted by Crippen LogP contribution is 2.49. The highest BCUT2D eigenvalue weighted by molar-refractivity contribution is 6.30. The van der Waals surface area contributed by atoms with Gasteiger partial charge < -0.3 is 14.6 Å². The van der Waals surface area contributed by atoms with Gasteiger partial charge in [-0.15, -0.1) is 0 Å². The summed E-state index contributed by atoms with van der Waals surface area (Å²) in [5.74, 6) is 2.09. The van der Waals surface area contributed by atoms with Crippen LogP contribution in [0.3, 0.4) is 0 Å². The maximum Gasteiger partial charge on any atom is 0.231 e. The fourth-order valence-electron chi connectivity index (χ4n) is 5.25. The van der Waals surface area contributed by atoms with E-state index in [0.717, 1.165) is 52.6 Å². The highest BCUT2D eigenvalue weighted by atomic mass is 35.5. The molecule has 6 heteroatoms.